The molecule has 0 saturated carbocycles. The molecule has 0 atom stereocenters. The number of nitrogens with zero attached hydrogens (tertiary/aromatic N) is 2. The number of halogens is 1. The predicted molar refractivity (Wildman–Crippen MR) is 122 cm³/mol. The highest BCUT2D eigenvalue weighted by Gasteiger charge is 2.04. The summed E-state index contributed by atoms with van der Waals surface area (Å²) in [5.41, 5.74) is 9.25. The van der Waals surface area contributed by atoms with E-state index in [1.54, 1.807) is 7.11 Å². The third kappa shape index (κ3) is 7.21. The van der Waals surface area contributed by atoms with E-state index in [-0.39, 0.29) is 24.0 Å². The summed E-state index contributed by atoms with van der Waals surface area (Å²) in [5, 5.41) is 3.16. The van der Waals surface area contributed by atoms with Gasteiger partial charge in [0, 0.05) is 43.7 Å². The van der Waals surface area contributed by atoms with Crippen molar-refractivity contribution in [2.24, 2.45) is 10.7 Å². The molecule has 0 aliphatic carbocycles. The van der Waals surface area contributed by atoms with Gasteiger partial charge < -0.3 is 20.7 Å². The molecule has 0 saturated heterocycles. The van der Waals surface area contributed by atoms with Crippen LogP contribution in [0.2, 0.25) is 0 Å². The fourth-order valence-electron chi connectivity index (χ4n) is 2.67. The van der Waals surface area contributed by atoms with Crippen molar-refractivity contribution < 1.29 is 4.74 Å². The van der Waals surface area contributed by atoms with Crippen LogP contribution in [0.5, 0.6) is 0 Å². The van der Waals surface area contributed by atoms with Crippen molar-refractivity contribution in [2.75, 3.05) is 37.0 Å². The molecule has 0 aliphatic rings. The zero-order valence-corrected chi connectivity index (χ0v) is 17.9. The maximum atomic E-state index is 6.02. The molecule has 2 rings (SSSR count). The van der Waals surface area contributed by atoms with Crippen LogP contribution in [0.3, 0.4) is 0 Å². The molecule has 2 aromatic carbocycles. The van der Waals surface area contributed by atoms with Gasteiger partial charge in [-0.05, 0) is 31.5 Å². The monoisotopic (exact) mass is 468 g/mol. The largest absolute Gasteiger partial charge is 0.380 e. The van der Waals surface area contributed by atoms with Crippen LogP contribution in [0.15, 0.2) is 59.6 Å². The van der Waals surface area contributed by atoms with E-state index in [9.17, 15) is 0 Å². The number of anilines is 2. The first-order valence-corrected chi connectivity index (χ1v) is 8.68. The Morgan fingerprint density at radius 2 is 1.81 bits per heavy atom. The van der Waals surface area contributed by atoms with Gasteiger partial charge in [-0.3, -0.25) is 4.99 Å². The molecule has 0 unspecified atom stereocenters. The van der Waals surface area contributed by atoms with Gasteiger partial charge in [0.05, 0.1) is 6.61 Å². The summed E-state index contributed by atoms with van der Waals surface area (Å²) in [5.74, 6) is 0.436. The van der Waals surface area contributed by atoms with Gasteiger partial charge in [0.1, 0.15) is 0 Å². The summed E-state index contributed by atoms with van der Waals surface area (Å²) in [6, 6.07) is 18.4. The average molecular weight is 468 g/mol. The van der Waals surface area contributed by atoms with Crippen LogP contribution in [0.25, 0.3) is 0 Å². The highest BCUT2D eigenvalue weighted by Crippen LogP contribution is 2.15. The first kappa shape index (κ1) is 22.2. The second-order valence-electron chi connectivity index (χ2n) is 5.75. The smallest absolute Gasteiger partial charge is 0.193 e. The number of rotatable bonds is 9. The van der Waals surface area contributed by atoms with E-state index in [0.29, 0.717) is 19.1 Å². The standard InChI is InChI=1S/C20H28N4O.HI/c1-3-24(18-11-5-4-6-12-18)15-9-14-22-20(21)23-19-13-8-7-10-17(19)16-25-2;/h4-8,10-13H,3,9,14-16H2,1-2H3,(H3,21,22,23);1H. The molecule has 6 heteroatoms. The number of methoxy groups -OCH3 is 1. The Labute approximate surface area is 173 Å². The second-order valence-corrected chi connectivity index (χ2v) is 5.75. The lowest BCUT2D eigenvalue weighted by atomic mass is 10.2. The predicted octanol–water partition coefficient (Wildman–Crippen LogP) is 4.09. The van der Waals surface area contributed by atoms with Gasteiger partial charge in [-0.25, -0.2) is 0 Å². The van der Waals surface area contributed by atoms with E-state index in [4.69, 9.17) is 10.5 Å². The van der Waals surface area contributed by atoms with Crippen molar-refractivity contribution in [1.29, 1.82) is 0 Å². The van der Waals surface area contributed by atoms with E-state index in [0.717, 1.165) is 30.8 Å². The lowest BCUT2D eigenvalue weighted by molar-refractivity contribution is 0.185. The maximum absolute atomic E-state index is 6.02. The molecule has 0 aliphatic heterocycles. The SMILES string of the molecule is CCN(CCCN=C(N)Nc1ccccc1COC)c1ccccc1.I. The van der Waals surface area contributed by atoms with Crippen LogP contribution in [0.4, 0.5) is 11.4 Å². The Kier molecular flexibility index (Phi) is 10.7. The fourth-order valence-corrected chi connectivity index (χ4v) is 2.67. The van der Waals surface area contributed by atoms with Crippen LogP contribution in [0.1, 0.15) is 18.9 Å². The summed E-state index contributed by atoms with van der Waals surface area (Å²) in [6.45, 7) is 5.33. The van der Waals surface area contributed by atoms with Crippen LogP contribution >= 0.6 is 24.0 Å². The minimum atomic E-state index is 0. The minimum Gasteiger partial charge on any atom is -0.380 e. The third-order valence-corrected chi connectivity index (χ3v) is 3.95. The molecule has 2 aromatic rings. The Balaban J connectivity index is 0.00000338. The van der Waals surface area contributed by atoms with Crippen LogP contribution in [-0.2, 0) is 11.3 Å². The number of hydrogen-bond donors (Lipinski definition) is 2. The summed E-state index contributed by atoms with van der Waals surface area (Å²) in [7, 11) is 1.68. The minimum absolute atomic E-state index is 0. The molecule has 0 fully saturated rings. The zero-order chi connectivity index (χ0) is 17.9. The van der Waals surface area contributed by atoms with E-state index >= 15 is 0 Å². The molecule has 142 valence electrons. The molecule has 0 amide bonds. The van der Waals surface area contributed by atoms with E-state index in [1.165, 1.54) is 5.69 Å². The molecular formula is C20H29IN4O. The van der Waals surface area contributed by atoms with Gasteiger partial charge in [0.15, 0.2) is 5.96 Å². The van der Waals surface area contributed by atoms with Crippen molar-refractivity contribution in [3.63, 3.8) is 0 Å². The number of para-hydroxylation sites is 2. The van der Waals surface area contributed by atoms with E-state index < -0.39 is 0 Å². The van der Waals surface area contributed by atoms with E-state index in [2.05, 4.69) is 46.4 Å². The van der Waals surface area contributed by atoms with Gasteiger partial charge in [0.2, 0.25) is 0 Å². The molecular weight excluding hydrogens is 439 g/mol. The lowest BCUT2D eigenvalue weighted by Crippen LogP contribution is -2.26. The number of ether oxygens (including phenoxy) is 1. The van der Waals surface area contributed by atoms with Crippen LogP contribution in [-0.4, -0.2) is 32.7 Å². The molecule has 0 radical (unpaired) electrons. The lowest BCUT2D eigenvalue weighted by Gasteiger charge is -2.22. The maximum Gasteiger partial charge on any atom is 0.193 e. The fraction of sp³-hybridized carbons (Fsp3) is 0.350. The molecule has 26 heavy (non-hydrogen) atoms. The normalized spacial score (nSPS) is 10.9. The van der Waals surface area contributed by atoms with Gasteiger partial charge in [0.25, 0.3) is 0 Å². The van der Waals surface area contributed by atoms with Crippen molar-refractivity contribution in [1.82, 2.24) is 0 Å². The van der Waals surface area contributed by atoms with Crippen LogP contribution in [0, 0.1) is 0 Å². The van der Waals surface area contributed by atoms with Gasteiger partial charge in [-0.1, -0.05) is 36.4 Å². The summed E-state index contributed by atoms with van der Waals surface area (Å²) >= 11 is 0. The highest BCUT2D eigenvalue weighted by atomic mass is 127. The highest BCUT2D eigenvalue weighted by molar-refractivity contribution is 14.0. The number of benzene rings is 2. The molecule has 0 bridgehead atoms. The average Bonchev–Trinajstić information content (AvgIpc) is 2.64. The Morgan fingerprint density at radius 1 is 1.12 bits per heavy atom. The molecule has 3 N–H and O–H groups in total. The summed E-state index contributed by atoms with van der Waals surface area (Å²) in [6.07, 6.45) is 0.949. The Bertz CT molecular complexity index is 664. The zero-order valence-electron chi connectivity index (χ0n) is 15.5. The first-order valence-electron chi connectivity index (χ1n) is 8.68. The van der Waals surface area contributed by atoms with Crippen molar-refractivity contribution in [3.05, 3.63) is 60.2 Å². The van der Waals surface area contributed by atoms with Gasteiger partial charge in [-0.15, -0.1) is 24.0 Å². The molecule has 0 heterocycles. The topological polar surface area (TPSA) is 62.9 Å². The van der Waals surface area contributed by atoms with Crippen molar-refractivity contribution >= 4 is 41.3 Å². The number of hydrogen-bond acceptors (Lipinski definition) is 3. The Hall–Kier alpha value is -1.80. The molecule has 0 aromatic heterocycles. The van der Waals surface area contributed by atoms with E-state index in [1.807, 2.05) is 30.3 Å². The number of nitrogens with one attached hydrogen (secondary N) is 1. The first-order chi connectivity index (χ1) is 12.2. The quantitative estimate of drug-likeness (QED) is 0.252. The summed E-state index contributed by atoms with van der Waals surface area (Å²) < 4.78 is 5.20. The Morgan fingerprint density at radius 3 is 2.50 bits per heavy atom. The van der Waals surface area contributed by atoms with Gasteiger partial charge >= 0.3 is 0 Å². The molecule has 0 spiro atoms. The second kappa shape index (κ2) is 12.5. The number of aliphatic imine (C=N–C) groups is 1. The van der Waals surface area contributed by atoms with Crippen molar-refractivity contribution in [3.8, 4) is 0 Å². The van der Waals surface area contributed by atoms with Crippen LogP contribution < -0.4 is 16.0 Å². The number of guanidine groups is 1. The third-order valence-electron chi connectivity index (χ3n) is 3.95. The van der Waals surface area contributed by atoms with Crippen molar-refractivity contribution in [2.45, 2.75) is 20.0 Å². The molecule has 5 nitrogen and oxygen atoms in total. The van der Waals surface area contributed by atoms with Gasteiger partial charge in [-0.2, -0.15) is 0 Å². The number of nitrogens with two attached hydrogens (primary N) is 1. The summed E-state index contributed by atoms with van der Waals surface area (Å²) in [4.78, 5) is 6.78.